The lowest BCUT2D eigenvalue weighted by atomic mass is 9.69. The van der Waals surface area contributed by atoms with Crippen LogP contribution in [0.1, 0.15) is 37.7 Å². The van der Waals surface area contributed by atoms with Crippen molar-refractivity contribution < 1.29 is 4.74 Å². The molecule has 0 radical (unpaired) electrons. The van der Waals surface area contributed by atoms with Crippen LogP contribution in [0.3, 0.4) is 0 Å². The number of halogens is 1. The minimum absolute atomic E-state index is 0.0475. The van der Waals surface area contributed by atoms with Gasteiger partial charge in [0.2, 0.25) is 0 Å². The summed E-state index contributed by atoms with van der Waals surface area (Å²) in [6.07, 6.45) is 7.71. The van der Waals surface area contributed by atoms with Crippen LogP contribution in [0.4, 0.5) is 0 Å². The van der Waals surface area contributed by atoms with Crippen LogP contribution >= 0.6 is 11.6 Å². The van der Waals surface area contributed by atoms with Gasteiger partial charge in [-0.25, -0.2) is 0 Å². The topological polar surface area (TPSA) is 35.2 Å². The Balaban J connectivity index is 1.61. The first-order valence-electron chi connectivity index (χ1n) is 8.22. The molecule has 3 aliphatic rings. The van der Waals surface area contributed by atoms with Crippen LogP contribution in [-0.4, -0.2) is 12.6 Å². The fourth-order valence-electron chi connectivity index (χ4n) is 5.76. The predicted octanol–water partition coefficient (Wildman–Crippen LogP) is 4.04. The van der Waals surface area contributed by atoms with E-state index >= 15 is 0 Å². The molecule has 3 fully saturated rings. The molecule has 2 N–H and O–H groups in total. The maximum Gasteiger partial charge on any atom is 0.122 e. The Hall–Kier alpha value is -0.730. The molecule has 5 unspecified atom stereocenters. The third kappa shape index (κ3) is 2.10. The Kier molecular flexibility index (Phi) is 3.24. The van der Waals surface area contributed by atoms with Crippen molar-refractivity contribution in [2.45, 2.75) is 44.1 Å². The fourth-order valence-corrected chi connectivity index (χ4v) is 5.95. The van der Waals surface area contributed by atoms with Gasteiger partial charge in [-0.1, -0.05) is 18.0 Å². The van der Waals surface area contributed by atoms with Gasteiger partial charge < -0.3 is 10.5 Å². The third-order valence-electron chi connectivity index (χ3n) is 6.45. The van der Waals surface area contributed by atoms with Crippen LogP contribution in [-0.2, 0) is 6.42 Å². The van der Waals surface area contributed by atoms with E-state index in [1.807, 2.05) is 18.2 Å². The average Bonchev–Trinajstić information content (AvgIpc) is 3.09. The van der Waals surface area contributed by atoms with E-state index in [9.17, 15) is 0 Å². The highest BCUT2D eigenvalue weighted by Crippen LogP contribution is 2.62. The Morgan fingerprint density at radius 2 is 2.14 bits per heavy atom. The third-order valence-corrected chi connectivity index (χ3v) is 6.68. The molecule has 4 rings (SSSR count). The summed E-state index contributed by atoms with van der Waals surface area (Å²) in [4.78, 5) is 0. The molecule has 1 aromatic rings. The van der Waals surface area contributed by atoms with Crippen molar-refractivity contribution in [3.63, 3.8) is 0 Å². The molecule has 0 aromatic heterocycles. The highest BCUT2D eigenvalue weighted by atomic mass is 35.5. The van der Waals surface area contributed by atoms with Crippen LogP contribution in [0.2, 0.25) is 5.02 Å². The zero-order valence-electron chi connectivity index (χ0n) is 12.6. The van der Waals surface area contributed by atoms with Crippen LogP contribution in [0.5, 0.6) is 5.75 Å². The zero-order chi connectivity index (χ0) is 14.6. The van der Waals surface area contributed by atoms with E-state index in [0.717, 1.165) is 34.9 Å². The summed E-state index contributed by atoms with van der Waals surface area (Å²) >= 11 is 6.18. The molecule has 2 bridgehead atoms. The van der Waals surface area contributed by atoms with E-state index in [1.54, 1.807) is 7.11 Å². The van der Waals surface area contributed by atoms with Gasteiger partial charge >= 0.3 is 0 Å². The van der Waals surface area contributed by atoms with Gasteiger partial charge in [0.1, 0.15) is 5.75 Å². The molecule has 21 heavy (non-hydrogen) atoms. The molecule has 3 saturated carbocycles. The molecule has 2 nitrogen and oxygen atoms in total. The van der Waals surface area contributed by atoms with Crippen LogP contribution < -0.4 is 10.5 Å². The van der Waals surface area contributed by atoms with Crippen molar-refractivity contribution in [1.29, 1.82) is 0 Å². The lowest BCUT2D eigenvalue weighted by Crippen LogP contribution is -2.51. The number of rotatable bonds is 3. The van der Waals surface area contributed by atoms with Gasteiger partial charge in [0.25, 0.3) is 0 Å². The van der Waals surface area contributed by atoms with E-state index in [2.05, 4.69) is 0 Å². The van der Waals surface area contributed by atoms with Crippen molar-refractivity contribution in [1.82, 2.24) is 0 Å². The lowest BCUT2D eigenvalue weighted by Gasteiger charge is -2.40. The quantitative estimate of drug-likeness (QED) is 0.914. The van der Waals surface area contributed by atoms with Crippen molar-refractivity contribution in [2.75, 3.05) is 7.11 Å². The van der Waals surface area contributed by atoms with E-state index < -0.39 is 0 Å². The monoisotopic (exact) mass is 305 g/mol. The van der Waals surface area contributed by atoms with Gasteiger partial charge in [-0.15, -0.1) is 0 Å². The fraction of sp³-hybridized carbons (Fsp3) is 0.667. The second-order valence-electron chi connectivity index (χ2n) is 7.43. The summed E-state index contributed by atoms with van der Waals surface area (Å²) in [6, 6.07) is 5.89. The first-order chi connectivity index (χ1) is 10.1. The lowest BCUT2D eigenvalue weighted by molar-refractivity contribution is 0.155. The van der Waals surface area contributed by atoms with Crippen molar-refractivity contribution in [2.24, 2.45) is 29.4 Å². The summed E-state index contributed by atoms with van der Waals surface area (Å²) in [5.41, 5.74) is 8.04. The second kappa shape index (κ2) is 4.89. The van der Waals surface area contributed by atoms with Crippen LogP contribution in [0.25, 0.3) is 0 Å². The molecule has 0 saturated heterocycles. The molecular formula is C18H24ClNO. The number of hydrogen-bond donors (Lipinski definition) is 1. The number of benzene rings is 1. The predicted molar refractivity (Wildman–Crippen MR) is 85.7 cm³/mol. The van der Waals surface area contributed by atoms with E-state index in [0.29, 0.717) is 5.92 Å². The minimum atomic E-state index is -0.0475. The number of hydrogen-bond acceptors (Lipinski definition) is 2. The highest BCUT2D eigenvalue weighted by molar-refractivity contribution is 6.30. The van der Waals surface area contributed by atoms with Crippen molar-refractivity contribution in [3.8, 4) is 5.75 Å². The number of methoxy groups -OCH3 is 1. The number of fused-ring (bicyclic) bond motifs is 5. The maximum absolute atomic E-state index is 6.91. The first-order valence-corrected chi connectivity index (χ1v) is 8.60. The van der Waals surface area contributed by atoms with E-state index in [-0.39, 0.29) is 5.54 Å². The molecule has 5 atom stereocenters. The number of nitrogens with two attached hydrogens (primary N) is 1. The molecule has 3 heteroatoms. The minimum Gasteiger partial charge on any atom is -0.496 e. The van der Waals surface area contributed by atoms with E-state index in [1.165, 1.54) is 37.7 Å². The van der Waals surface area contributed by atoms with Crippen molar-refractivity contribution in [3.05, 3.63) is 28.8 Å². The van der Waals surface area contributed by atoms with Gasteiger partial charge in [0.15, 0.2) is 0 Å². The maximum atomic E-state index is 6.91. The molecule has 114 valence electrons. The Bertz CT molecular complexity index is 560. The molecule has 0 amide bonds. The molecule has 3 aliphatic carbocycles. The second-order valence-corrected chi connectivity index (χ2v) is 7.87. The Morgan fingerprint density at radius 3 is 2.95 bits per heavy atom. The van der Waals surface area contributed by atoms with Crippen LogP contribution in [0.15, 0.2) is 18.2 Å². The Labute approximate surface area is 132 Å². The molecular weight excluding hydrogens is 282 g/mol. The molecule has 0 aliphatic heterocycles. The summed E-state index contributed by atoms with van der Waals surface area (Å²) in [7, 11) is 1.73. The molecule has 0 heterocycles. The highest BCUT2D eigenvalue weighted by Gasteiger charge is 2.59. The standard InChI is InChI=1S/C18H24ClNO/c1-21-17-6-5-13(19)7-12(17)10-18(20)9-11-8-16(18)15-4-2-3-14(11)15/h5-7,11,14-16H,2-4,8-10,20H2,1H3. The molecule has 0 spiro atoms. The normalized spacial score (nSPS) is 40.5. The Morgan fingerprint density at radius 1 is 1.33 bits per heavy atom. The summed E-state index contributed by atoms with van der Waals surface area (Å²) in [5, 5.41) is 0.774. The smallest absolute Gasteiger partial charge is 0.122 e. The van der Waals surface area contributed by atoms with Crippen molar-refractivity contribution >= 4 is 11.6 Å². The largest absolute Gasteiger partial charge is 0.496 e. The van der Waals surface area contributed by atoms with Gasteiger partial charge in [0, 0.05) is 10.6 Å². The van der Waals surface area contributed by atoms with Gasteiger partial charge in [-0.2, -0.15) is 0 Å². The summed E-state index contributed by atoms with van der Waals surface area (Å²) in [5.74, 6) is 4.37. The van der Waals surface area contributed by atoms with E-state index in [4.69, 9.17) is 22.1 Å². The first kappa shape index (κ1) is 13.9. The van der Waals surface area contributed by atoms with Gasteiger partial charge in [-0.05, 0) is 79.5 Å². The average molecular weight is 306 g/mol. The van der Waals surface area contributed by atoms with Crippen LogP contribution in [0, 0.1) is 23.7 Å². The zero-order valence-corrected chi connectivity index (χ0v) is 13.4. The SMILES string of the molecule is COc1ccc(Cl)cc1CC1(N)CC2CC1C1CCCC21. The van der Waals surface area contributed by atoms with Gasteiger partial charge in [-0.3, -0.25) is 0 Å². The summed E-state index contributed by atoms with van der Waals surface area (Å²) in [6.45, 7) is 0. The molecule has 1 aromatic carbocycles. The summed E-state index contributed by atoms with van der Waals surface area (Å²) < 4.78 is 5.51. The number of ether oxygens (including phenoxy) is 1. The van der Waals surface area contributed by atoms with Gasteiger partial charge in [0.05, 0.1) is 7.11 Å².